The highest BCUT2D eigenvalue weighted by atomic mass is 16.6. The van der Waals surface area contributed by atoms with Crippen LogP contribution < -0.4 is 5.32 Å². The third kappa shape index (κ3) is 4.19. The molecule has 1 atom stereocenters. The van der Waals surface area contributed by atoms with E-state index in [4.69, 9.17) is 0 Å². The predicted octanol–water partition coefficient (Wildman–Crippen LogP) is 2.29. The molecule has 1 aromatic heterocycles. The van der Waals surface area contributed by atoms with Crippen LogP contribution in [0.1, 0.15) is 24.2 Å². The van der Waals surface area contributed by atoms with Crippen LogP contribution in [0.3, 0.4) is 0 Å². The number of anilines is 1. The van der Waals surface area contributed by atoms with Crippen molar-refractivity contribution in [2.24, 2.45) is 5.92 Å². The highest BCUT2D eigenvalue weighted by molar-refractivity contribution is 5.93. The van der Waals surface area contributed by atoms with E-state index in [0.717, 1.165) is 12.1 Å². The van der Waals surface area contributed by atoms with E-state index in [0.29, 0.717) is 25.2 Å². The molecule has 2 heterocycles. The minimum atomic E-state index is -0.483. The monoisotopic (exact) mass is 385 g/mol. The average Bonchev–Trinajstić information content (AvgIpc) is 2.96. The molecule has 1 aliphatic rings. The molecule has 1 saturated heterocycles. The lowest BCUT2D eigenvalue weighted by Gasteiger charge is -2.32. The number of rotatable bonds is 5. The van der Waals surface area contributed by atoms with Crippen LogP contribution in [0.25, 0.3) is 0 Å². The van der Waals surface area contributed by atoms with Crippen molar-refractivity contribution in [3.05, 3.63) is 51.8 Å². The Morgan fingerprint density at radius 2 is 2.00 bits per heavy atom. The average molecular weight is 385 g/mol. The summed E-state index contributed by atoms with van der Waals surface area (Å²) >= 11 is 0. The second-order valence-corrected chi connectivity index (χ2v) is 6.97. The molecule has 2 amide bonds. The molecule has 1 unspecified atom stereocenters. The zero-order valence-corrected chi connectivity index (χ0v) is 15.9. The van der Waals surface area contributed by atoms with E-state index in [1.54, 1.807) is 18.7 Å². The first-order valence-corrected chi connectivity index (χ1v) is 9.19. The van der Waals surface area contributed by atoms with Crippen LogP contribution in [0.4, 0.5) is 11.4 Å². The maximum absolute atomic E-state index is 12.7. The third-order valence-electron chi connectivity index (χ3n) is 5.00. The number of aromatic nitrogens is 2. The molecule has 0 saturated carbocycles. The fraction of sp³-hybridized carbons (Fsp3) is 0.421. The number of benzene rings is 1. The van der Waals surface area contributed by atoms with Crippen LogP contribution in [-0.2, 0) is 16.1 Å². The van der Waals surface area contributed by atoms with Gasteiger partial charge in [0, 0.05) is 18.8 Å². The van der Waals surface area contributed by atoms with Crippen LogP contribution in [0, 0.1) is 29.9 Å². The van der Waals surface area contributed by atoms with Crippen molar-refractivity contribution in [1.29, 1.82) is 0 Å². The molecule has 0 spiro atoms. The summed E-state index contributed by atoms with van der Waals surface area (Å²) in [5, 5.41) is 18.1. The van der Waals surface area contributed by atoms with E-state index < -0.39 is 4.92 Å². The molecule has 0 bridgehead atoms. The molecule has 0 radical (unpaired) electrons. The number of nitrogens with one attached hydrogen (secondary N) is 1. The highest BCUT2D eigenvalue weighted by Gasteiger charge is 2.30. The number of carbonyl (C=O) groups is 2. The number of piperidine rings is 1. The lowest BCUT2D eigenvalue weighted by Crippen LogP contribution is -2.45. The van der Waals surface area contributed by atoms with E-state index in [-0.39, 0.29) is 35.7 Å². The van der Waals surface area contributed by atoms with Crippen molar-refractivity contribution in [3.8, 4) is 0 Å². The molecule has 9 heteroatoms. The standard InChI is InChI=1S/C19H23N5O4/c1-13-18(24(27)28)14(2)23(21-13)12-17(25)22-10-6-7-15(11-22)19(26)20-16-8-4-3-5-9-16/h3-5,8-9,15H,6-7,10-12H2,1-2H3,(H,20,26). The van der Waals surface area contributed by atoms with Gasteiger partial charge in [0.1, 0.15) is 17.9 Å². The lowest BCUT2D eigenvalue weighted by molar-refractivity contribution is -0.386. The quantitative estimate of drug-likeness (QED) is 0.627. The van der Waals surface area contributed by atoms with Crippen molar-refractivity contribution in [2.45, 2.75) is 33.2 Å². The predicted molar refractivity (Wildman–Crippen MR) is 103 cm³/mol. The van der Waals surface area contributed by atoms with Gasteiger partial charge in [0.05, 0.1) is 10.8 Å². The Bertz CT molecular complexity index is 893. The van der Waals surface area contributed by atoms with Crippen molar-refractivity contribution in [1.82, 2.24) is 14.7 Å². The van der Waals surface area contributed by atoms with Gasteiger partial charge in [-0.1, -0.05) is 18.2 Å². The summed E-state index contributed by atoms with van der Waals surface area (Å²) in [5.74, 6) is -0.587. The normalized spacial score (nSPS) is 16.6. The van der Waals surface area contributed by atoms with Crippen LogP contribution in [0.5, 0.6) is 0 Å². The van der Waals surface area contributed by atoms with E-state index in [1.165, 1.54) is 4.68 Å². The molecular weight excluding hydrogens is 362 g/mol. The Morgan fingerprint density at radius 1 is 1.29 bits per heavy atom. The number of nitro groups is 1. The second-order valence-electron chi connectivity index (χ2n) is 6.97. The third-order valence-corrected chi connectivity index (χ3v) is 5.00. The fourth-order valence-corrected chi connectivity index (χ4v) is 3.52. The number of nitrogens with zero attached hydrogens (tertiary/aromatic N) is 4. The molecule has 1 aromatic carbocycles. The van der Waals surface area contributed by atoms with Gasteiger partial charge in [-0.05, 0) is 38.8 Å². The maximum atomic E-state index is 12.7. The summed E-state index contributed by atoms with van der Waals surface area (Å²) in [6.07, 6.45) is 1.45. The van der Waals surface area contributed by atoms with Gasteiger partial charge in [0.2, 0.25) is 11.8 Å². The highest BCUT2D eigenvalue weighted by Crippen LogP contribution is 2.23. The number of hydrogen-bond donors (Lipinski definition) is 1. The van der Waals surface area contributed by atoms with Crippen LogP contribution >= 0.6 is 0 Å². The second kappa shape index (κ2) is 8.20. The smallest absolute Gasteiger partial charge is 0.312 e. The van der Waals surface area contributed by atoms with Gasteiger partial charge in [-0.2, -0.15) is 5.10 Å². The molecule has 1 fully saturated rings. The van der Waals surface area contributed by atoms with Gasteiger partial charge >= 0.3 is 5.69 Å². The van der Waals surface area contributed by atoms with Gasteiger partial charge in [-0.25, -0.2) is 0 Å². The Morgan fingerprint density at radius 3 is 2.64 bits per heavy atom. The van der Waals surface area contributed by atoms with Crippen LogP contribution in [-0.4, -0.2) is 44.5 Å². The number of amides is 2. The number of likely N-dealkylation sites (tertiary alicyclic amines) is 1. The van der Waals surface area contributed by atoms with Gasteiger partial charge < -0.3 is 10.2 Å². The summed E-state index contributed by atoms with van der Waals surface area (Å²) in [6.45, 7) is 3.95. The number of hydrogen-bond acceptors (Lipinski definition) is 5. The molecule has 1 aliphatic heterocycles. The summed E-state index contributed by atoms with van der Waals surface area (Å²) in [4.78, 5) is 37.5. The SMILES string of the molecule is Cc1nn(CC(=O)N2CCCC(C(=O)Nc3ccccc3)C2)c(C)c1[N+](=O)[O-]. The lowest BCUT2D eigenvalue weighted by atomic mass is 9.97. The molecule has 148 valence electrons. The molecule has 1 N–H and O–H groups in total. The molecule has 9 nitrogen and oxygen atoms in total. The Kier molecular flexibility index (Phi) is 5.72. The minimum absolute atomic E-state index is 0.0634. The van der Waals surface area contributed by atoms with E-state index in [9.17, 15) is 19.7 Å². The van der Waals surface area contributed by atoms with E-state index in [1.807, 2.05) is 30.3 Å². The van der Waals surface area contributed by atoms with E-state index in [2.05, 4.69) is 10.4 Å². The topological polar surface area (TPSA) is 110 Å². The zero-order valence-electron chi connectivity index (χ0n) is 15.9. The van der Waals surface area contributed by atoms with Crippen molar-refractivity contribution in [3.63, 3.8) is 0 Å². The van der Waals surface area contributed by atoms with Crippen molar-refractivity contribution in [2.75, 3.05) is 18.4 Å². The first kappa shape index (κ1) is 19.5. The molecule has 0 aliphatic carbocycles. The molecule has 2 aromatic rings. The number of aryl methyl sites for hydroxylation is 1. The number of para-hydroxylation sites is 1. The first-order valence-electron chi connectivity index (χ1n) is 9.19. The summed E-state index contributed by atoms with van der Waals surface area (Å²) < 4.78 is 1.36. The Labute approximate surface area is 162 Å². The van der Waals surface area contributed by atoms with Crippen molar-refractivity contribution < 1.29 is 14.5 Å². The Hall–Kier alpha value is -3.23. The largest absolute Gasteiger partial charge is 0.340 e. The Balaban J connectivity index is 1.64. The summed E-state index contributed by atoms with van der Waals surface area (Å²) in [5.41, 5.74) is 1.30. The van der Waals surface area contributed by atoms with Gasteiger partial charge in [-0.15, -0.1) is 0 Å². The first-order chi connectivity index (χ1) is 13.4. The minimum Gasteiger partial charge on any atom is -0.340 e. The molecule has 28 heavy (non-hydrogen) atoms. The van der Waals surface area contributed by atoms with Gasteiger partial charge in [0.15, 0.2) is 0 Å². The number of carbonyl (C=O) groups excluding carboxylic acids is 2. The zero-order chi connectivity index (χ0) is 20.3. The summed E-state index contributed by atoms with van der Waals surface area (Å²) in [7, 11) is 0. The van der Waals surface area contributed by atoms with Crippen LogP contribution in [0.2, 0.25) is 0 Å². The van der Waals surface area contributed by atoms with Crippen molar-refractivity contribution >= 4 is 23.2 Å². The van der Waals surface area contributed by atoms with Gasteiger partial charge in [-0.3, -0.25) is 24.4 Å². The fourth-order valence-electron chi connectivity index (χ4n) is 3.52. The molecule has 3 rings (SSSR count). The van der Waals surface area contributed by atoms with E-state index >= 15 is 0 Å². The molecular formula is C19H23N5O4. The maximum Gasteiger partial charge on any atom is 0.312 e. The van der Waals surface area contributed by atoms with Crippen LogP contribution in [0.15, 0.2) is 30.3 Å². The summed E-state index contributed by atoms with van der Waals surface area (Å²) in [6, 6.07) is 9.21. The van der Waals surface area contributed by atoms with Gasteiger partial charge in [0.25, 0.3) is 0 Å².